The molecular formula is C11H13NO2. The first-order valence-electron chi connectivity index (χ1n) is 4.45. The Morgan fingerprint density at radius 3 is 2.93 bits per heavy atom. The normalized spacial score (nSPS) is 9.29. The van der Waals surface area contributed by atoms with E-state index in [2.05, 4.69) is 4.99 Å². The number of aryl methyl sites for hydroxylation is 1. The predicted molar refractivity (Wildman–Crippen MR) is 54.4 cm³/mol. The summed E-state index contributed by atoms with van der Waals surface area (Å²) in [6.07, 6.45) is 2.24. The molecule has 3 heteroatoms. The Labute approximate surface area is 83.4 Å². The standard InChI is InChI=1S/C11H13NO2/c1-9-4-3-5-11(14-2)10(9)6-7-12-8-13/h3-5H,6-7H2,1-2H3. The van der Waals surface area contributed by atoms with E-state index >= 15 is 0 Å². The number of ether oxygens (including phenoxy) is 1. The second-order valence-corrected chi connectivity index (χ2v) is 2.98. The van der Waals surface area contributed by atoms with Crippen molar-refractivity contribution >= 4 is 6.08 Å². The molecule has 3 nitrogen and oxygen atoms in total. The average molecular weight is 191 g/mol. The lowest BCUT2D eigenvalue weighted by Crippen LogP contribution is -1.97. The van der Waals surface area contributed by atoms with Gasteiger partial charge in [-0.3, -0.25) is 0 Å². The fourth-order valence-corrected chi connectivity index (χ4v) is 1.40. The minimum Gasteiger partial charge on any atom is -0.496 e. The largest absolute Gasteiger partial charge is 0.496 e. The topological polar surface area (TPSA) is 38.7 Å². The summed E-state index contributed by atoms with van der Waals surface area (Å²) in [5.41, 5.74) is 2.26. The molecule has 0 amide bonds. The van der Waals surface area contributed by atoms with E-state index in [0.717, 1.165) is 16.9 Å². The third-order valence-corrected chi connectivity index (χ3v) is 2.13. The van der Waals surface area contributed by atoms with Gasteiger partial charge in [0.15, 0.2) is 0 Å². The summed E-state index contributed by atoms with van der Waals surface area (Å²) in [5.74, 6) is 0.853. The maximum absolute atomic E-state index is 9.91. The van der Waals surface area contributed by atoms with Crippen LogP contribution < -0.4 is 4.74 Å². The fraction of sp³-hybridized carbons (Fsp3) is 0.364. The lowest BCUT2D eigenvalue weighted by molar-refractivity contribution is 0.409. The van der Waals surface area contributed by atoms with Crippen LogP contribution in [0.5, 0.6) is 5.75 Å². The number of carbonyl (C=O) groups excluding carboxylic acids is 1. The molecule has 0 spiro atoms. The molecule has 1 rings (SSSR count). The summed E-state index contributed by atoms with van der Waals surface area (Å²) < 4.78 is 5.22. The summed E-state index contributed by atoms with van der Waals surface area (Å²) in [7, 11) is 1.64. The van der Waals surface area contributed by atoms with Crippen molar-refractivity contribution in [2.75, 3.05) is 13.7 Å². The minimum atomic E-state index is 0.463. The van der Waals surface area contributed by atoms with Crippen LogP contribution in [0, 0.1) is 6.92 Å². The van der Waals surface area contributed by atoms with Crippen molar-refractivity contribution in [2.24, 2.45) is 4.99 Å². The highest BCUT2D eigenvalue weighted by molar-refractivity contribution is 5.40. The van der Waals surface area contributed by atoms with Gasteiger partial charge in [-0.25, -0.2) is 9.79 Å². The van der Waals surface area contributed by atoms with Crippen LogP contribution in [-0.4, -0.2) is 19.7 Å². The highest BCUT2D eigenvalue weighted by atomic mass is 16.5. The van der Waals surface area contributed by atoms with Gasteiger partial charge in [0, 0.05) is 0 Å². The molecule has 0 unspecified atom stereocenters. The molecule has 1 aromatic rings. The predicted octanol–water partition coefficient (Wildman–Crippen LogP) is 1.88. The van der Waals surface area contributed by atoms with Gasteiger partial charge in [0.1, 0.15) is 5.75 Å². The Balaban J connectivity index is 2.87. The SMILES string of the molecule is COc1cccc(C)c1CCN=C=O. The molecule has 14 heavy (non-hydrogen) atoms. The first-order valence-corrected chi connectivity index (χ1v) is 4.45. The fourth-order valence-electron chi connectivity index (χ4n) is 1.40. The summed E-state index contributed by atoms with van der Waals surface area (Å²) in [6, 6.07) is 5.87. The van der Waals surface area contributed by atoms with E-state index in [1.807, 2.05) is 25.1 Å². The molecular weight excluding hydrogens is 178 g/mol. The van der Waals surface area contributed by atoms with Gasteiger partial charge in [0.05, 0.1) is 13.7 Å². The first-order chi connectivity index (χ1) is 6.79. The van der Waals surface area contributed by atoms with Crippen molar-refractivity contribution in [3.63, 3.8) is 0 Å². The minimum absolute atomic E-state index is 0.463. The molecule has 0 saturated carbocycles. The van der Waals surface area contributed by atoms with E-state index in [9.17, 15) is 4.79 Å². The van der Waals surface area contributed by atoms with Crippen molar-refractivity contribution in [3.8, 4) is 5.75 Å². The van der Waals surface area contributed by atoms with Gasteiger partial charge in [-0.1, -0.05) is 12.1 Å². The van der Waals surface area contributed by atoms with Crippen LogP contribution in [0.1, 0.15) is 11.1 Å². The van der Waals surface area contributed by atoms with Crippen LogP contribution in [0.4, 0.5) is 0 Å². The maximum Gasteiger partial charge on any atom is 0.234 e. The zero-order chi connectivity index (χ0) is 10.4. The number of nitrogens with zero attached hydrogens (tertiary/aromatic N) is 1. The van der Waals surface area contributed by atoms with Crippen LogP contribution in [-0.2, 0) is 11.2 Å². The summed E-state index contributed by atoms with van der Waals surface area (Å²) in [5, 5.41) is 0. The van der Waals surface area contributed by atoms with Gasteiger partial charge in [0.2, 0.25) is 6.08 Å². The van der Waals surface area contributed by atoms with Crippen molar-refractivity contribution < 1.29 is 9.53 Å². The molecule has 1 aromatic carbocycles. The molecule has 0 aromatic heterocycles. The third-order valence-electron chi connectivity index (χ3n) is 2.13. The van der Waals surface area contributed by atoms with E-state index < -0.39 is 0 Å². The molecule has 0 radical (unpaired) electrons. The lowest BCUT2D eigenvalue weighted by atomic mass is 10.0. The van der Waals surface area contributed by atoms with Crippen LogP contribution in [0.25, 0.3) is 0 Å². The Morgan fingerprint density at radius 2 is 2.29 bits per heavy atom. The lowest BCUT2D eigenvalue weighted by Gasteiger charge is -2.09. The Hall–Kier alpha value is -1.60. The molecule has 0 fully saturated rings. The van der Waals surface area contributed by atoms with Crippen LogP contribution in [0.2, 0.25) is 0 Å². The summed E-state index contributed by atoms with van der Waals surface area (Å²) in [4.78, 5) is 13.4. The Morgan fingerprint density at radius 1 is 1.50 bits per heavy atom. The smallest absolute Gasteiger partial charge is 0.234 e. The van der Waals surface area contributed by atoms with Crippen LogP contribution in [0.3, 0.4) is 0 Å². The molecule has 0 bridgehead atoms. The van der Waals surface area contributed by atoms with E-state index in [1.54, 1.807) is 7.11 Å². The van der Waals surface area contributed by atoms with Crippen LogP contribution >= 0.6 is 0 Å². The molecule has 0 atom stereocenters. The van der Waals surface area contributed by atoms with Gasteiger partial charge in [-0.15, -0.1) is 0 Å². The second-order valence-electron chi connectivity index (χ2n) is 2.98. The number of isocyanates is 1. The maximum atomic E-state index is 9.91. The van der Waals surface area contributed by atoms with Gasteiger partial charge < -0.3 is 4.74 Å². The van der Waals surface area contributed by atoms with E-state index in [0.29, 0.717) is 13.0 Å². The number of methoxy groups -OCH3 is 1. The summed E-state index contributed by atoms with van der Waals surface area (Å²) in [6.45, 7) is 2.48. The zero-order valence-electron chi connectivity index (χ0n) is 8.41. The molecule has 0 aliphatic rings. The van der Waals surface area contributed by atoms with Crippen LogP contribution in [0.15, 0.2) is 23.2 Å². The molecule has 0 saturated heterocycles. The van der Waals surface area contributed by atoms with Crippen molar-refractivity contribution in [3.05, 3.63) is 29.3 Å². The number of aliphatic imine (C=N–C) groups is 1. The van der Waals surface area contributed by atoms with Gasteiger partial charge in [-0.05, 0) is 30.5 Å². The first kappa shape index (κ1) is 10.5. The Kier molecular flexibility index (Phi) is 3.89. The number of benzene rings is 1. The van der Waals surface area contributed by atoms with Crippen molar-refractivity contribution in [2.45, 2.75) is 13.3 Å². The highest BCUT2D eigenvalue weighted by Crippen LogP contribution is 2.21. The van der Waals surface area contributed by atoms with Gasteiger partial charge in [-0.2, -0.15) is 0 Å². The number of hydrogen-bond donors (Lipinski definition) is 0. The molecule has 0 N–H and O–H groups in total. The number of rotatable bonds is 4. The number of hydrogen-bond acceptors (Lipinski definition) is 3. The molecule has 74 valence electrons. The molecule has 0 aliphatic carbocycles. The monoisotopic (exact) mass is 191 g/mol. The van der Waals surface area contributed by atoms with E-state index in [1.165, 1.54) is 6.08 Å². The third kappa shape index (κ3) is 2.44. The highest BCUT2D eigenvalue weighted by Gasteiger charge is 2.04. The van der Waals surface area contributed by atoms with Crippen molar-refractivity contribution in [1.29, 1.82) is 0 Å². The Bertz CT molecular complexity index is 354. The molecule has 0 heterocycles. The van der Waals surface area contributed by atoms with E-state index in [-0.39, 0.29) is 0 Å². The van der Waals surface area contributed by atoms with Crippen molar-refractivity contribution in [1.82, 2.24) is 0 Å². The zero-order valence-corrected chi connectivity index (χ0v) is 8.41. The quantitative estimate of drug-likeness (QED) is 0.538. The van der Waals surface area contributed by atoms with Gasteiger partial charge >= 0.3 is 0 Å². The van der Waals surface area contributed by atoms with Gasteiger partial charge in [0.25, 0.3) is 0 Å². The van der Waals surface area contributed by atoms with E-state index in [4.69, 9.17) is 4.74 Å². The summed E-state index contributed by atoms with van der Waals surface area (Å²) >= 11 is 0. The molecule has 0 aliphatic heterocycles. The average Bonchev–Trinajstić information content (AvgIpc) is 2.20. The second kappa shape index (κ2) is 5.20.